The van der Waals surface area contributed by atoms with Crippen LogP contribution in [0.25, 0.3) is 0 Å². The molecule has 0 N–H and O–H groups in total. The van der Waals surface area contributed by atoms with Crippen LogP contribution in [0, 0.1) is 6.42 Å². The van der Waals surface area contributed by atoms with Crippen LogP contribution in [0.4, 0.5) is 0 Å². The molecule has 0 aromatic heterocycles. The summed E-state index contributed by atoms with van der Waals surface area (Å²) >= 11 is 0. The molecule has 0 atom stereocenters. The van der Waals surface area contributed by atoms with Crippen molar-refractivity contribution in [1.29, 1.82) is 0 Å². The van der Waals surface area contributed by atoms with Crippen molar-refractivity contribution >= 4 is 5.78 Å². The molecule has 0 aliphatic rings. The van der Waals surface area contributed by atoms with Crippen molar-refractivity contribution in [3.8, 4) is 0 Å². The zero-order valence-electron chi connectivity index (χ0n) is 21.6. The van der Waals surface area contributed by atoms with Gasteiger partial charge >= 0.3 is 0 Å². The van der Waals surface area contributed by atoms with Gasteiger partial charge in [0.2, 0.25) is 0 Å². The number of hydrogen-bond donors (Lipinski definition) is 0. The third-order valence-corrected chi connectivity index (χ3v) is 6.31. The summed E-state index contributed by atoms with van der Waals surface area (Å²) in [5.41, 5.74) is 0. The Labute approximate surface area is 197 Å². The van der Waals surface area contributed by atoms with Crippen molar-refractivity contribution in [3.63, 3.8) is 0 Å². The Bertz CT molecular complexity index is 371. The van der Waals surface area contributed by atoms with E-state index in [-0.39, 0.29) is 0 Å². The van der Waals surface area contributed by atoms with Gasteiger partial charge < -0.3 is 0 Å². The second-order valence-electron chi connectivity index (χ2n) is 9.61. The third kappa shape index (κ3) is 27.4. The highest BCUT2D eigenvalue weighted by Crippen LogP contribution is 2.14. The molecule has 0 heterocycles. The van der Waals surface area contributed by atoms with Gasteiger partial charge in [-0.3, -0.25) is 4.79 Å². The average Bonchev–Trinajstić information content (AvgIpc) is 2.77. The number of unbranched alkanes of at least 4 members (excludes halogenated alkanes) is 20. The molecule has 0 saturated carbocycles. The lowest BCUT2D eigenvalue weighted by Crippen LogP contribution is -1.96. The number of allylic oxidation sites excluding steroid dienone is 2. The van der Waals surface area contributed by atoms with Crippen LogP contribution < -0.4 is 0 Å². The second kappa shape index (κ2) is 27.4. The van der Waals surface area contributed by atoms with Crippen LogP contribution in [0.5, 0.6) is 0 Å². The molecule has 1 radical (unpaired) electrons. The summed E-state index contributed by atoms with van der Waals surface area (Å²) in [5, 5.41) is 0. The van der Waals surface area contributed by atoms with Crippen molar-refractivity contribution in [2.45, 2.75) is 168 Å². The molecular formula is C30H57O. The first-order chi connectivity index (χ1) is 15.3. The lowest BCUT2D eigenvalue weighted by molar-refractivity contribution is -0.119. The van der Waals surface area contributed by atoms with Crippen LogP contribution >= 0.6 is 0 Å². The van der Waals surface area contributed by atoms with Gasteiger partial charge in [0.05, 0.1) is 0 Å². The van der Waals surface area contributed by atoms with Crippen LogP contribution in [0.3, 0.4) is 0 Å². The minimum Gasteiger partial charge on any atom is -0.300 e. The Balaban J connectivity index is 3.09. The molecule has 0 aromatic rings. The van der Waals surface area contributed by atoms with Gasteiger partial charge in [0.15, 0.2) is 0 Å². The molecule has 0 spiro atoms. The van der Waals surface area contributed by atoms with Gasteiger partial charge in [0, 0.05) is 12.8 Å². The number of hydrogen-bond acceptors (Lipinski definition) is 1. The molecule has 0 fully saturated rings. The maximum Gasteiger partial charge on any atom is 0.132 e. The molecule has 1 heteroatoms. The monoisotopic (exact) mass is 433 g/mol. The number of carbonyl (C=O) groups is 1. The fraction of sp³-hybridized carbons (Fsp3) is 0.867. The molecule has 0 unspecified atom stereocenters. The number of Topliss-reactive ketones (excluding diaryl/α,β-unsaturated/α-hetero) is 1. The summed E-state index contributed by atoms with van der Waals surface area (Å²) in [4.78, 5) is 11.5. The first-order valence-electron chi connectivity index (χ1n) is 14.3. The van der Waals surface area contributed by atoms with Crippen LogP contribution in [-0.2, 0) is 4.79 Å². The maximum atomic E-state index is 11.5. The predicted octanol–water partition coefficient (Wildman–Crippen LogP) is 10.7. The van der Waals surface area contributed by atoms with E-state index in [1.165, 1.54) is 128 Å². The van der Waals surface area contributed by atoms with E-state index in [0.717, 1.165) is 25.7 Å². The van der Waals surface area contributed by atoms with Crippen LogP contribution in [0.1, 0.15) is 168 Å². The molecular weight excluding hydrogens is 376 g/mol. The molecule has 0 amide bonds. The van der Waals surface area contributed by atoms with Gasteiger partial charge in [0.1, 0.15) is 5.78 Å². The Morgan fingerprint density at radius 1 is 0.452 bits per heavy atom. The summed E-state index contributed by atoms with van der Waals surface area (Å²) < 4.78 is 0. The molecule has 31 heavy (non-hydrogen) atoms. The summed E-state index contributed by atoms with van der Waals surface area (Å²) in [7, 11) is 0. The molecule has 1 nitrogen and oxygen atoms in total. The highest BCUT2D eigenvalue weighted by molar-refractivity contribution is 5.78. The van der Waals surface area contributed by atoms with Gasteiger partial charge in [-0.05, 0) is 44.9 Å². The fourth-order valence-corrected chi connectivity index (χ4v) is 4.23. The minimum absolute atomic E-state index is 0.466. The molecule has 0 aliphatic carbocycles. The molecule has 183 valence electrons. The first kappa shape index (κ1) is 30.4. The van der Waals surface area contributed by atoms with E-state index in [0.29, 0.717) is 5.78 Å². The van der Waals surface area contributed by atoms with E-state index in [2.05, 4.69) is 32.4 Å². The Kier molecular flexibility index (Phi) is 26.9. The van der Waals surface area contributed by atoms with E-state index < -0.39 is 0 Å². The Morgan fingerprint density at radius 2 is 0.871 bits per heavy atom. The smallest absolute Gasteiger partial charge is 0.132 e. The normalized spacial score (nSPS) is 11.5. The van der Waals surface area contributed by atoms with Crippen molar-refractivity contribution in [1.82, 2.24) is 0 Å². The molecule has 0 rings (SSSR count). The van der Waals surface area contributed by atoms with Gasteiger partial charge in [-0.1, -0.05) is 129 Å². The molecule has 0 saturated heterocycles. The van der Waals surface area contributed by atoms with Crippen molar-refractivity contribution in [3.05, 3.63) is 18.6 Å². The lowest BCUT2D eigenvalue weighted by Gasteiger charge is -2.03. The highest BCUT2D eigenvalue weighted by atomic mass is 16.1. The van der Waals surface area contributed by atoms with E-state index in [1.54, 1.807) is 0 Å². The summed E-state index contributed by atoms with van der Waals surface area (Å²) in [5.74, 6) is 0.466. The summed E-state index contributed by atoms with van der Waals surface area (Å²) in [6.07, 6.45) is 38.4. The predicted molar refractivity (Wildman–Crippen MR) is 141 cm³/mol. The zero-order chi connectivity index (χ0) is 22.7. The second-order valence-corrected chi connectivity index (χ2v) is 9.61. The molecule has 0 aliphatic heterocycles. The number of carbonyl (C=O) groups excluding carboxylic acids is 1. The van der Waals surface area contributed by atoms with E-state index >= 15 is 0 Å². The van der Waals surface area contributed by atoms with E-state index in [4.69, 9.17) is 0 Å². The van der Waals surface area contributed by atoms with E-state index in [1.807, 2.05) is 0 Å². The maximum absolute atomic E-state index is 11.5. The topological polar surface area (TPSA) is 17.1 Å². The quantitative estimate of drug-likeness (QED) is 0.0978. The highest BCUT2D eigenvalue weighted by Gasteiger charge is 1.99. The SMILES string of the molecule is CCCCCCCC/C=C\CCCCCCC[CH]CCCCCCCCC(=O)CCC. The Hall–Kier alpha value is -0.590. The average molecular weight is 434 g/mol. The number of ketones is 1. The van der Waals surface area contributed by atoms with Gasteiger partial charge in [0.25, 0.3) is 0 Å². The first-order valence-corrected chi connectivity index (χ1v) is 14.3. The fourth-order valence-electron chi connectivity index (χ4n) is 4.23. The lowest BCUT2D eigenvalue weighted by atomic mass is 10.0. The van der Waals surface area contributed by atoms with Crippen molar-refractivity contribution in [2.24, 2.45) is 0 Å². The van der Waals surface area contributed by atoms with Crippen LogP contribution in [-0.4, -0.2) is 5.78 Å². The summed E-state index contributed by atoms with van der Waals surface area (Å²) in [6, 6.07) is 0. The van der Waals surface area contributed by atoms with Gasteiger partial charge in [-0.25, -0.2) is 0 Å². The largest absolute Gasteiger partial charge is 0.300 e. The van der Waals surface area contributed by atoms with Gasteiger partial charge in [-0.15, -0.1) is 0 Å². The van der Waals surface area contributed by atoms with Crippen LogP contribution in [0.15, 0.2) is 12.2 Å². The van der Waals surface area contributed by atoms with Crippen LogP contribution in [0.2, 0.25) is 0 Å². The van der Waals surface area contributed by atoms with Crippen molar-refractivity contribution in [2.75, 3.05) is 0 Å². The van der Waals surface area contributed by atoms with Crippen molar-refractivity contribution < 1.29 is 4.79 Å². The molecule has 0 aromatic carbocycles. The summed E-state index contributed by atoms with van der Waals surface area (Å²) in [6.45, 7) is 4.38. The third-order valence-electron chi connectivity index (χ3n) is 6.31. The minimum atomic E-state index is 0.466. The standard InChI is InChI=1S/C30H57O/c1-3-5-6-7-8-9-10-11-12-13-14-15-16-17-18-19-20-21-22-23-24-25-26-27-29-30(31)28-4-2/h11-12,20H,3-10,13-19,21-29H2,1-2H3/b12-11-. The molecule has 0 bridgehead atoms. The number of rotatable bonds is 26. The van der Waals surface area contributed by atoms with Gasteiger partial charge in [-0.2, -0.15) is 0 Å². The van der Waals surface area contributed by atoms with E-state index in [9.17, 15) is 4.79 Å². The Morgan fingerprint density at radius 3 is 1.35 bits per heavy atom. The zero-order valence-corrected chi connectivity index (χ0v) is 21.6.